The van der Waals surface area contributed by atoms with E-state index in [2.05, 4.69) is 6.58 Å². The minimum atomic E-state index is -5.61. The molecule has 0 aromatic heterocycles. The Morgan fingerprint density at radius 2 is 1.33 bits per heavy atom. The van der Waals surface area contributed by atoms with Crippen molar-refractivity contribution in [2.75, 3.05) is 0 Å². The molecule has 1 nitrogen and oxygen atoms in total. The summed E-state index contributed by atoms with van der Waals surface area (Å²) in [4.78, 5) is 0. The molecule has 0 fully saturated rings. The number of allylic oxidation sites excluding steroid dienone is 1. The normalized spacial score (nSPS) is 11.2. The highest BCUT2D eigenvalue weighted by atomic mass is 19.4. The topological polar surface area (TPSA) is 23.8 Å². The third-order valence-corrected chi connectivity index (χ3v) is 1.98. The van der Waals surface area contributed by atoms with Crippen LogP contribution in [0.1, 0.15) is 11.1 Å². The number of alkyl halides is 3. The molecule has 1 rings (SSSR count). The smallest absolute Gasteiger partial charge is 0.203 e. The van der Waals surface area contributed by atoms with Crippen LogP contribution in [-0.4, -0.2) is 0 Å². The summed E-state index contributed by atoms with van der Waals surface area (Å²) in [5.41, 5.74) is -5.27. The van der Waals surface area contributed by atoms with Gasteiger partial charge >= 0.3 is 6.18 Å². The lowest BCUT2D eigenvalue weighted by Gasteiger charge is -2.13. The first-order valence-electron chi connectivity index (χ1n) is 4.15. The van der Waals surface area contributed by atoms with Crippen LogP contribution in [0.5, 0.6) is 0 Å². The Bertz CT molecular complexity index is 536. The molecule has 1 aromatic rings. The summed E-state index contributed by atoms with van der Waals surface area (Å²) in [6, 6.07) is 1.09. The number of nitrogens with zero attached hydrogens (tertiary/aromatic N) is 1. The van der Waals surface area contributed by atoms with Gasteiger partial charge in [-0.1, -0.05) is 6.58 Å². The zero-order chi connectivity index (χ0) is 14.2. The van der Waals surface area contributed by atoms with Gasteiger partial charge in [0.05, 0.1) is 17.2 Å². The predicted molar refractivity (Wildman–Crippen MR) is 45.9 cm³/mol. The van der Waals surface area contributed by atoms with Crippen LogP contribution in [0.15, 0.2) is 6.58 Å². The number of rotatable bonds is 1. The van der Waals surface area contributed by atoms with Crippen LogP contribution >= 0.6 is 0 Å². The second kappa shape index (κ2) is 4.33. The summed E-state index contributed by atoms with van der Waals surface area (Å²) >= 11 is 0. The van der Waals surface area contributed by atoms with Crippen molar-refractivity contribution in [3.8, 4) is 6.07 Å². The first-order valence-corrected chi connectivity index (χ1v) is 4.15. The molecule has 0 spiro atoms. The van der Waals surface area contributed by atoms with E-state index in [1.54, 1.807) is 0 Å². The van der Waals surface area contributed by atoms with E-state index >= 15 is 0 Å². The molecule has 8 heteroatoms. The van der Waals surface area contributed by atoms with Crippen molar-refractivity contribution in [2.45, 2.75) is 6.18 Å². The van der Waals surface area contributed by atoms with Gasteiger partial charge in [0.15, 0.2) is 23.3 Å². The Morgan fingerprint density at radius 3 is 1.61 bits per heavy atom. The van der Waals surface area contributed by atoms with Gasteiger partial charge in [-0.3, -0.25) is 0 Å². The van der Waals surface area contributed by atoms with Crippen LogP contribution in [-0.2, 0) is 6.18 Å². The first-order chi connectivity index (χ1) is 8.12. The van der Waals surface area contributed by atoms with Crippen LogP contribution in [0.2, 0.25) is 0 Å². The molecule has 0 aliphatic rings. The molecule has 0 bridgehead atoms. The fourth-order valence-corrected chi connectivity index (χ4v) is 1.20. The molecule has 0 aliphatic heterocycles. The van der Waals surface area contributed by atoms with E-state index in [1.165, 1.54) is 0 Å². The molecule has 0 unspecified atom stereocenters. The third-order valence-electron chi connectivity index (χ3n) is 1.98. The lowest BCUT2D eigenvalue weighted by Crippen LogP contribution is -2.16. The standard InChI is InChI=1S/C10H2F7N/c1-3(2-18)4-6(11)8(13)5(10(15,16)17)9(14)7(4)12/h1H2. The number of nitriles is 1. The minimum absolute atomic E-state index is 1.03. The van der Waals surface area contributed by atoms with Crippen LogP contribution in [0, 0.1) is 34.6 Å². The summed E-state index contributed by atoms with van der Waals surface area (Å²) in [7, 11) is 0. The van der Waals surface area contributed by atoms with Crippen molar-refractivity contribution in [1.82, 2.24) is 0 Å². The average Bonchev–Trinajstić information content (AvgIpc) is 2.24. The van der Waals surface area contributed by atoms with E-state index in [0.717, 1.165) is 6.07 Å². The summed E-state index contributed by atoms with van der Waals surface area (Å²) in [5.74, 6) is -9.86. The maximum atomic E-state index is 13.2. The predicted octanol–water partition coefficient (Wildman–Crippen LogP) is 3.80. The minimum Gasteiger partial charge on any atom is -0.203 e. The summed E-state index contributed by atoms with van der Waals surface area (Å²) in [6.45, 7) is 2.78. The number of hydrogen-bond acceptors (Lipinski definition) is 1. The summed E-state index contributed by atoms with van der Waals surface area (Å²) in [5, 5.41) is 8.30. The molecule has 0 atom stereocenters. The molecule has 18 heavy (non-hydrogen) atoms. The highest BCUT2D eigenvalue weighted by Crippen LogP contribution is 2.38. The Kier molecular flexibility index (Phi) is 3.37. The average molecular weight is 269 g/mol. The Hall–Kier alpha value is -2.04. The van der Waals surface area contributed by atoms with Gasteiger partial charge in [0.2, 0.25) is 0 Å². The molecule has 1 aromatic carbocycles. The molecule has 0 saturated heterocycles. The van der Waals surface area contributed by atoms with E-state index in [0.29, 0.717) is 0 Å². The first kappa shape index (κ1) is 14.0. The van der Waals surface area contributed by atoms with E-state index in [1.807, 2.05) is 0 Å². The van der Waals surface area contributed by atoms with Crippen LogP contribution < -0.4 is 0 Å². The van der Waals surface area contributed by atoms with Crippen LogP contribution in [0.4, 0.5) is 30.7 Å². The zero-order valence-electron chi connectivity index (χ0n) is 8.30. The molecular formula is C10H2F7N. The molecule has 0 saturated carbocycles. The number of halogens is 7. The summed E-state index contributed by atoms with van der Waals surface area (Å²) < 4.78 is 89.0. The largest absolute Gasteiger partial charge is 0.422 e. The SMILES string of the molecule is C=C(C#N)c1c(F)c(F)c(C(F)(F)F)c(F)c1F. The fraction of sp³-hybridized carbons (Fsp3) is 0.100. The van der Waals surface area contributed by atoms with E-state index in [-0.39, 0.29) is 0 Å². The zero-order valence-corrected chi connectivity index (χ0v) is 8.30. The van der Waals surface area contributed by atoms with Crippen molar-refractivity contribution in [2.24, 2.45) is 0 Å². The molecular weight excluding hydrogens is 267 g/mol. The van der Waals surface area contributed by atoms with Gasteiger partial charge in [-0.25, -0.2) is 17.6 Å². The molecule has 96 valence electrons. The van der Waals surface area contributed by atoms with E-state index < -0.39 is 46.1 Å². The van der Waals surface area contributed by atoms with Crippen molar-refractivity contribution in [1.29, 1.82) is 5.26 Å². The second-order valence-electron chi connectivity index (χ2n) is 3.09. The van der Waals surface area contributed by atoms with Crippen molar-refractivity contribution < 1.29 is 30.7 Å². The van der Waals surface area contributed by atoms with Crippen LogP contribution in [0.3, 0.4) is 0 Å². The maximum absolute atomic E-state index is 13.2. The van der Waals surface area contributed by atoms with E-state index in [4.69, 9.17) is 5.26 Å². The van der Waals surface area contributed by atoms with E-state index in [9.17, 15) is 30.7 Å². The summed E-state index contributed by atoms with van der Waals surface area (Å²) in [6.07, 6.45) is -5.61. The van der Waals surface area contributed by atoms with Crippen LogP contribution in [0.25, 0.3) is 5.57 Å². The highest BCUT2D eigenvalue weighted by Gasteiger charge is 2.42. The van der Waals surface area contributed by atoms with Gasteiger partial charge in [-0.05, 0) is 0 Å². The van der Waals surface area contributed by atoms with Gasteiger partial charge in [-0.2, -0.15) is 18.4 Å². The highest BCUT2D eigenvalue weighted by molar-refractivity contribution is 5.75. The molecule has 0 aliphatic carbocycles. The van der Waals surface area contributed by atoms with Crippen molar-refractivity contribution >= 4 is 5.57 Å². The molecule has 0 amide bonds. The number of hydrogen-bond donors (Lipinski definition) is 0. The molecule has 0 N–H and O–H groups in total. The Labute approximate surface area is 95.8 Å². The van der Waals surface area contributed by atoms with Gasteiger partial charge in [-0.15, -0.1) is 0 Å². The maximum Gasteiger partial charge on any atom is 0.422 e. The molecule has 0 heterocycles. The van der Waals surface area contributed by atoms with Crippen molar-refractivity contribution in [3.05, 3.63) is 41.0 Å². The lowest BCUT2D eigenvalue weighted by molar-refractivity contribution is -0.143. The second-order valence-corrected chi connectivity index (χ2v) is 3.09. The van der Waals surface area contributed by atoms with Gasteiger partial charge < -0.3 is 0 Å². The lowest BCUT2D eigenvalue weighted by atomic mass is 10.0. The molecule has 0 radical (unpaired) electrons. The van der Waals surface area contributed by atoms with Gasteiger partial charge in [0.25, 0.3) is 0 Å². The quantitative estimate of drug-likeness (QED) is 0.432. The third kappa shape index (κ3) is 2.03. The fourth-order valence-electron chi connectivity index (χ4n) is 1.20. The Morgan fingerprint density at radius 1 is 0.944 bits per heavy atom. The van der Waals surface area contributed by atoms with Crippen molar-refractivity contribution in [3.63, 3.8) is 0 Å². The van der Waals surface area contributed by atoms with Gasteiger partial charge in [0, 0.05) is 0 Å². The number of benzene rings is 1. The monoisotopic (exact) mass is 269 g/mol. The Balaban J connectivity index is 3.79. The van der Waals surface area contributed by atoms with Gasteiger partial charge in [0.1, 0.15) is 5.56 Å².